The molecule has 0 bridgehead atoms. The van der Waals surface area contributed by atoms with Crippen LogP contribution in [-0.2, 0) is 11.8 Å². The maximum atomic E-state index is 13.1. The van der Waals surface area contributed by atoms with Crippen molar-refractivity contribution in [3.8, 4) is 0 Å². The van der Waals surface area contributed by atoms with Crippen LogP contribution in [0.5, 0.6) is 0 Å². The van der Waals surface area contributed by atoms with Crippen molar-refractivity contribution in [3.05, 3.63) is 52.8 Å². The maximum Gasteiger partial charge on any atom is 0.420 e. The topological polar surface area (TPSA) is 73.3 Å². The average molecular weight is 340 g/mol. The number of rotatable bonds is 3. The van der Waals surface area contributed by atoms with Crippen molar-refractivity contribution < 1.29 is 9.21 Å². The third kappa shape index (κ3) is 2.56. The van der Waals surface area contributed by atoms with Gasteiger partial charge in [0.2, 0.25) is 5.91 Å². The minimum Gasteiger partial charge on any atom is -0.408 e. The molecule has 3 aromatic rings. The van der Waals surface area contributed by atoms with E-state index in [1.54, 1.807) is 36.0 Å². The highest BCUT2D eigenvalue weighted by Gasteiger charge is 2.34. The van der Waals surface area contributed by atoms with E-state index in [0.717, 1.165) is 18.4 Å². The first-order chi connectivity index (χ1) is 12.1. The normalized spacial score (nSPS) is 18.8. The number of aryl methyl sites for hydroxylation is 1. The van der Waals surface area contributed by atoms with Gasteiger partial charge in [-0.2, -0.15) is 5.10 Å². The summed E-state index contributed by atoms with van der Waals surface area (Å²) in [5.41, 5.74) is 2.17. The molecule has 1 aromatic carbocycles. The standard InChI is InChI=1S/C18H20N4O3/c1-12(22-15-6-3-4-8-16(15)25-18(22)24)17(23)21-9-5-7-14(21)13-10-19-20(2)11-13/h3-4,6,8,10-12,14H,5,7,9H2,1-2H3. The first-order valence-electron chi connectivity index (χ1n) is 8.45. The Morgan fingerprint density at radius 1 is 1.36 bits per heavy atom. The monoisotopic (exact) mass is 340 g/mol. The number of aromatic nitrogens is 3. The molecule has 1 fully saturated rings. The molecule has 25 heavy (non-hydrogen) atoms. The largest absolute Gasteiger partial charge is 0.420 e. The first kappa shape index (κ1) is 15.7. The average Bonchev–Trinajstić information content (AvgIpc) is 3.30. The van der Waals surface area contributed by atoms with E-state index < -0.39 is 11.8 Å². The van der Waals surface area contributed by atoms with Gasteiger partial charge in [0.1, 0.15) is 6.04 Å². The molecule has 2 unspecified atom stereocenters. The molecule has 0 radical (unpaired) electrons. The van der Waals surface area contributed by atoms with E-state index in [1.807, 2.05) is 24.2 Å². The summed E-state index contributed by atoms with van der Waals surface area (Å²) in [5, 5.41) is 4.21. The maximum absolute atomic E-state index is 13.1. The number of fused-ring (bicyclic) bond motifs is 1. The van der Waals surface area contributed by atoms with E-state index in [9.17, 15) is 9.59 Å². The third-order valence-electron chi connectivity index (χ3n) is 4.91. The number of carbonyl (C=O) groups excluding carboxylic acids is 1. The Morgan fingerprint density at radius 3 is 2.92 bits per heavy atom. The van der Waals surface area contributed by atoms with E-state index in [2.05, 4.69) is 5.10 Å². The Morgan fingerprint density at radius 2 is 2.16 bits per heavy atom. The molecule has 0 spiro atoms. The summed E-state index contributed by atoms with van der Waals surface area (Å²) in [5.74, 6) is -0.570. The zero-order valence-corrected chi connectivity index (χ0v) is 14.3. The Balaban J connectivity index is 1.67. The second kappa shape index (κ2) is 5.91. The summed E-state index contributed by atoms with van der Waals surface area (Å²) in [7, 11) is 1.87. The van der Waals surface area contributed by atoms with Gasteiger partial charge in [0.25, 0.3) is 0 Å². The van der Waals surface area contributed by atoms with E-state index in [4.69, 9.17) is 4.42 Å². The highest BCUT2D eigenvalue weighted by atomic mass is 16.4. The Labute approximate surface area is 144 Å². The second-order valence-electron chi connectivity index (χ2n) is 6.52. The third-order valence-corrected chi connectivity index (χ3v) is 4.91. The summed E-state index contributed by atoms with van der Waals surface area (Å²) in [6.07, 6.45) is 5.60. The van der Waals surface area contributed by atoms with E-state index in [-0.39, 0.29) is 11.9 Å². The molecular formula is C18H20N4O3. The number of benzene rings is 1. The van der Waals surface area contributed by atoms with Crippen molar-refractivity contribution in [3.63, 3.8) is 0 Å². The lowest BCUT2D eigenvalue weighted by molar-refractivity contribution is -0.135. The zero-order chi connectivity index (χ0) is 17.6. The van der Waals surface area contributed by atoms with Crippen molar-refractivity contribution in [2.24, 2.45) is 7.05 Å². The quantitative estimate of drug-likeness (QED) is 0.733. The van der Waals surface area contributed by atoms with Crippen LogP contribution < -0.4 is 5.76 Å². The highest BCUT2D eigenvalue weighted by molar-refractivity contribution is 5.83. The summed E-state index contributed by atoms with van der Waals surface area (Å²) in [6, 6.07) is 6.57. The molecule has 1 aliphatic rings. The number of oxazole rings is 1. The van der Waals surface area contributed by atoms with Gasteiger partial charge in [-0.05, 0) is 31.9 Å². The Hall–Kier alpha value is -2.83. The predicted molar refractivity (Wildman–Crippen MR) is 92.1 cm³/mol. The fraction of sp³-hybridized carbons (Fsp3) is 0.389. The Bertz CT molecular complexity index is 984. The van der Waals surface area contributed by atoms with E-state index in [0.29, 0.717) is 17.6 Å². The number of nitrogens with zero attached hydrogens (tertiary/aromatic N) is 4. The lowest BCUT2D eigenvalue weighted by atomic mass is 10.1. The van der Waals surface area contributed by atoms with Crippen LogP contribution in [0.4, 0.5) is 0 Å². The molecule has 130 valence electrons. The molecule has 2 aromatic heterocycles. The van der Waals surface area contributed by atoms with Crippen LogP contribution in [0.3, 0.4) is 0 Å². The SMILES string of the molecule is CC(C(=O)N1CCCC1c1cnn(C)c1)n1c(=O)oc2ccccc21. The lowest BCUT2D eigenvalue weighted by Crippen LogP contribution is -2.38. The van der Waals surface area contributed by atoms with Gasteiger partial charge < -0.3 is 9.32 Å². The molecule has 1 saturated heterocycles. The van der Waals surface area contributed by atoms with Gasteiger partial charge in [-0.3, -0.25) is 14.0 Å². The number of carbonyl (C=O) groups is 1. The van der Waals surface area contributed by atoms with Crippen molar-refractivity contribution in [2.45, 2.75) is 31.8 Å². The summed E-state index contributed by atoms with van der Waals surface area (Å²) in [4.78, 5) is 27.3. The molecule has 0 saturated carbocycles. The van der Waals surface area contributed by atoms with Gasteiger partial charge in [-0.15, -0.1) is 0 Å². The molecule has 0 aliphatic carbocycles. The molecule has 4 rings (SSSR count). The molecule has 1 amide bonds. The van der Waals surface area contributed by atoms with Crippen LogP contribution >= 0.6 is 0 Å². The first-order valence-corrected chi connectivity index (χ1v) is 8.45. The fourth-order valence-corrected chi connectivity index (χ4v) is 3.69. The fourth-order valence-electron chi connectivity index (χ4n) is 3.69. The van der Waals surface area contributed by atoms with Crippen LogP contribution in [0, 0.1) is 0 Å². The number of hydrogen-bond acceptors (Lipinski definition) is 4. The molecule has 0 N–H and O–H groups in total. The predicted octanol–water partition coefficient (Wildman–Crippen LogP) is 2.25. The van der Waals surface area contributed by atoms with Crippen molar-refractivity contribution in [1.82, 2.24) is 19.2 Å². The molecule has 7 heteroatoms. The number of hydrogen-bond donors (Lipinski definition) is 0. The molecule has 3 heterocycles. The molecule has 7 nitrogen and oxygen atoms in total. The molecular weight excluding hydrogens is 320 g/mol. The highest BCUT2D eigenvalue weighted by Crippen LogP contribution is 2.33. The van der Waals surface area contributed by atoms with Gasteiger partial charge >= 0.3 is 5.76 Å². The van der Waals surface area contributed by atoms with Crippen molar-refractivity contribution in [2.75, 3.05) is 6.54 Å². The van der Waals surface area contributed by atoms with Crippen molar-refractivity contribution >= 4 is 17.0 Å². The van der Waals surface area contributed by atoms with E-state index in [1.165, 1.54) is 4.57 Å². The number of likely N-dealkylation sites (tertiary alicyclic amines) is 1. The lowest BCUT2D eigenvalue weighted by Gasteiger charge is -2.27. The minimum atomic E-state index is -0.617. The van der Waals surface area contributed by atoms with Crippen LogP contribution in [0.2, 0.25) is 0 Å². The second-order valence-corrected chi connectivity index (χ2v) is 6.52. The zero-order valence-electron chi connectivity index (χ0n) is 14.3. The van der Waals surface area contributed by atoms with Crippen LogP contribution in [0.15, 0.2) is 45.9 Å². The van der Waals surface area contributed by atoms with Gasteiger partial charge in [-0.1, -0.05) is 12.1 Å². The number of amides is 1. The van der Waals surface area contributed by atoms with Crippen LogP contribution in [-0.4, -0.2) is 31.7 Å². The summed E-state index contributed by atoms with van der Waals surface area (Å²) in [6.45, 7) is 2.44. The van der Waals surface area contributed by atoms with Gasteiger partial charge in [-0.25, -0.2) is 4.79 Å². The Kier molecular flexibility index (Phi) is 3.71. The van der Waals surface area contributed by atoms with Crippen LogP contribution in [0.1, 0.15) is 37.4 Å². The smallest absolute Gasteiger partial charge is 0.408 e. The molecule has 1 aliphatic heterocycles. The minimum absolute atomic E-state index is 0.0116. The van der Waals surface area contributed by atoms with Crippen molar-refractivity contribution in [1.29, 1.82) is 0 Å². The summed E-state index contributed by atoms with van der Waals surface area (Å²) >= 11 is 0. The van der Waals surface area contributed by atoms with Gasteiger partial charge in [0.05, 0.1) is 17.8 Å². The number of para-hydroxylation sites is 2. The molecule has 2 atom stereocenters. The van der Waals surface area contributed by atoms with Gasteiger partial charge in [0.15, 0.2) is 5.58 Å². The summed E-state index contributed by atoms with van der Waals surface area (Å²) < 4.78 is 8.46. The van der Waals surface area contributed by atoms with E-state index >= 15 is 0 Å². The van der Waals surface area contributed by atoms with Gasteiger partial charge in [0, 0.05) is 25.4 Å². The van der Waals surface area contributed by atoms with Crippen LogP contribution in [0.25, 0.3) is 11.1 Å².